The van der Waals surface area contributed by atoms with Crippen molar-refractivity contribution in [2.45, 2.75) is 13.5 Å². The molecule has 0 bridgehead atoms. The molecule has 68 valence electrons. The molecule has 1 N–H and O–H groups in total. The highest BCUT2D eigenvalue weighted by Crippen LogP contribution is 2.25. The molecule has 0 radical (unpaired) electrons. The summed E-state index contributed by atoms with van der Waals surface area (Å²) in [6.07, 6.45) is 0. The Bertz CT molecular complexity index is 417. The maximum absolute atomic E-state index is 3.16. The third-order valence-electron chi connectivity index (χ3n) is 2.09. The molecule has 1 aromatic heterocycles. The molecule has 0 saturated carbocycles. The minimum absolute atomic E-state index is 0.951. The van der Waals surface area contributed by atoms with Crippen LogP contribution in [0.5, 0.6) is 0 Å². The van der Waals surface area contributed by atoms with Gasteiger partial charge in [-0.2, -0.15) is 0 Å². The first-order chi connectivity index (χ1) is 6.29. The van der Waals surface area contributed by atoms with Crippen LogP contribution < -0.4 is 5.32 Å². The highest BCUT2D eigenvalue weighted by atomic mass is 32.1. The van der Waals surface area contributed by atoms with E-state index < -0.39 is 0 Å². The van der Waals surface area contributed by atoms with Gasteiger partial charge in [-0.25, -0.2) is 0 Å². The molecule has 1 aromatic carbocycles. The van der Waals surface area contributed by atoms with E-state index in [1.54, 1.807) is 0 Å². The fourth-order valence-corrected chi connectivity index (χ4v) is 2.51. The SMILES string of the molecule is CNCc1ccc2cc(C)sc2c1. The Morgan fingerprint density at radius 2 is 2.15 bits per heavy atom. The van der Waals surface area contributed by atoms with Crippen molar-refractivity contribution in [1.29, 1.82) is 0 Å². The van der Waals surface area contributed by atoms with Crippen molar-refractivity contribution in [2.75, 3.05) is 7.05 Å². The van der Waals surface area contributed by atoms with Gasteiger partial charge in [0.2, 0.25) is 0 Å². The Morgan fingerprint density at radius 1 is 1.31 bits per heavy atom. The van der Waals surface area contributed by atoms with E-state index in [2.05, 4.69) is 36.5 Å². The third kappa shape index (κ3) is 1.74. The maximum Gasteiger partial charge on any atom is 0.0348 e. The Labute approximate surface area is 82.4 Å². The van der Waals surface area contributed by atoms with Gasteiger partial charge in [0.25, 0.3) is 0 Å². The summed E-state index contributed by atoms with van der Waals surface area (Å²) in [6, 6.07) is 8.89. The largest absolute Gasteiger partial charge is 0.316 e. The Morgan fingerprint density at radius 3 is 2.92 bits per heavy atom. The Kier molecular flexibility index (Phi) is 2.34. The summed E-state index contributed by atoms with van der Waals surface area (Å²) in [6.45, 7) is 3.11. The zero-order valence-electron chi connectivity index (χ0n) is 7.92. The minimum Gasteiger partial charge on any atom is -0.316 e. The van der Waals surface area contributed by atoms with Gasteiger partial charge in [0.1, 0.15) is 0 Å². The van der Waals surface area contributed by atoms with Crippen molar-refractivity contribution in [3.8, 4) is 0 Å². The van der Waals surface area contributed by atoms with E-state index in [1.165, 1.54) is 20.5 Å². The summed E-state index contributed by atoms with van der Waals surface area (Å²) in [4.78, 5) is 1.39. The summed E-state index contributed by atoms with van der Waals surface area (Å²) in [7, 11) is 1.98. The smallest absolute Gasteiger partial charge is 0.0348 e. The molecule has 0 aliphatic carbocycles. The first-order valence-corrected chi connectivity index (χ1v) is 5.25. The van der Waals surface area contributed by atoms with Crippen LogP contribution >= 0.6 is 11.3 Å². The maximum atomic E-state index is 3.16. The average molecular weight is 191 g/mol. The second kappa shape index (κ2) is 3.48. The number of fused-ring (bicyclic) bond motifs is 1. The molecule has 0 spiro atoms. The van der Waals surface area contributed by atoms with Crippen molar-refractivity contribution in [3.05, 3.63) is 34.7 Å². The normalized spacial score (nSPS) is 10.9. The topological polar surface area (TPSA) is 12.0 Å². The highest BCUT2D eigenvalue weighted by molar-refractivity contribution is 7.19. The van der Waals surface area contributed by atoms with Crippen molar-refractivity contribution in [1.82, 2.24) is 5.32 Å². The van der Waals surface area contributed by atoms with Crippen LogP contribution in [0.15, 0.2) is 24.3 Å². The van der Waals surface area contributed by atoms with Crippen LogP contribution in [0.1, 0.15) is 10.4 Å². The van der Waals surface area contributed by atoms with Gasteiger partial charge in [-0.05, 0) is 37.1 Å². The van der Waals surface area contributed by atoms with Gasteiger partial charge >= 0.3 is 0 Å². The first kappa shape index (κ1) is 8.73. The van der Waals surface area contributed by atoms with Gasteiger partial charge < -0.3 is 5.32 Å². The second-order valence-electron chi connectivity index (χ2n) is 3.26. The second-order valence-corrected chi connectivity index (χ2v) is 4.55. The zero-order chi connectivity index (χ0) is 9.26. The molecule has 2 aromatic rings. The molecule has 2 rings (SSSR count). The van der Waals surface area contributed by atoms with Gasteiger partial charge in [-0.3, -0.25) is 0 Å². The van der Waals surface area contributed by atoms with Gasteiger partial charge in [-0.1, -0.05) is 12.1 Å². The van der Waals surface area contributed by atoms with Crippen molar-refractivity contribution >= 4 is 21.4 Å². The first-order valence-electron chi connectivity index (χ1n) is 4.43. The van der Waals surface area contributed by atoms with E-state index in [-0.39, 0.29) is 0 Å². The lowest BCUT2D eigenvalue weighted by atomic mass is 10.2. The lowest BCUT2D eigenvalue weighted by Gasteiger charge is -1.98. The molecule has 1 heterocycles. The minimum atomic E-state index is 0.951. The van der Waals surface area contributed by atoms with Crippen LogP contribution in [0.2, 0.25) is 0 Å². The number of hydrogen-bond donors (Lipinski definition) is 1. The molecular formula is C11H13NS. The quantitative estimate of drug-likeness (QED) is 0.769. The van der Waals surface area contributed by atoms with E-state index in [1.807, 2.05) is 18.4 Å². The standard InChI is InChI=1S/C11H13NS/c1-8-5-10-4-3-9(7-12-2)6-11(10)13-8/h3-6,12H,7H2,1-2H3. The van der Waals surface area contributed by atoms with Crippen LogP contribution in [0.4, 0.5) is 0 Å². The lowest BCUT2D eigenvalue weighted by Crippen LogP contribution is -2.04. The fourth-order valence-electron chi connectivity index (χ4n) is 1.52. The van der Waals surface area contributed by atoms with Crippen LogP contribution in [0, 0.1) is 6.92 Å². The summed E-state index contributed by atoms with van der Waals surface area (Å²) in [5.74, 6) is 0. The van der Waals surface area contributed by atoms with Gasteiger partial charge in [0.05, 0.1) is 0 Å². The summed E-state index contributed by atoms with van der Waals surface area (Å²) >= 11 is 1.86. The predicted octanol–water partition coefficient (Wildman–Crippen LogP) is 2.93. The molecule has 0 fully saturated rings. The number of aryl methyl sites for hydroxylation is 1. The Hall–Kier alpha value is -0.860. The fraction of sp³-hybridized carbons (Fsp3) is 0.273. The van der Waals surface area contributed by atoms with Gasteiger partial charge in [0.15, 0.2) is 0 Å². The number of rotatable bonds is 2. The monoisotopic (exact) mass is 191 g/mol. The molecule has 2 heteroatoms. The summed E-state index contributed by atoms with van der Waals surface area (Å²) in [5, 5.41) is 4.52. The number of thiophene rings is 1. The molecule has 0 atom stereocenters. The van der Waals surface area contributed by atoms with Gasteiger partial charge in [-0.15, -0.1) is 11.3 Å². The van der Waals surface area contributed by atoms with Gasteiger partial charge in [0, 0.05) is 16.1 Å². The number of nitrogens with one attached hydrogen (secondary N) is 1. The van der Waals surface area contributed by atoms with E-state index in [9.17, 15) is 0 Å². The number of hydrogen-bond acceptors (Lipinski definition) is 2. The molecule has 13 heavy (non-hydrogen) atoms. The summed E-state index contributed by atoms with van der Waals surface area (Å²) in [5.41, 5.74) is 1.36. The van der Waals surface area contributed by atoms with Crippen molar-refractivity contribution in [2.24, 2.45) is 0 Å². The molecule has 0 amide bonds. The predicted molar refractivity (Wildman–Crippen MR) is 59.3 cm³/mol. The van der Waals surface area contributed by atoms with E-state index >= 15 is 0 Å². The zero-order valence-corrected chi connectivity index (χ0v) is 8.74. The van der Waals surface area contributed by atoms with Crippen LogP contribution in [0.25, 0.3) is 10.1 Å². The summed E-state index contributed by atoms with van der Waals surface area (Å²) < 4.78 is 1.39. The molecule has 1 nitrogen and oxygen atoms in total. The van der Waals surface area contributed by atoms with Crippen molar-refractivity contribution in [3.63, 3.8) is 0 Å². The highest BCUT2D eigenvalue weighted by Gasteiger charge is 1.98. The van der Waals surface area contributed by atoms with Crippen LogP contribution in [0.3, 0.4) is 0 Å². The van der Waals surface area contributed by atoms with Crippen molar-refractivity contribution < 1.29 is 0 Å². The number of benzene rings is 1. The lowest BCUT2D eigenvalue weighted by molar-refractivity contribution is 0.819. The molecule has 0 saturated heterocycles. The van der Waals surface area contributed by atoms with E-state index in [0.717, 1.165) is 6.54 Å². The Balaban J connectivity index is 2.48. The van der Waals surface area contributed by atoms with E-state index in [0.29, 0.717) is 0 Å². The molecular weight excluding hydrogens is 178 g/mol. The molecule has 0 unspecified atom stereocenters. The van der Waals surface area contributed by atoms with E-state index in [4.69, 9.17) is 0 Å². The van der Waals surface area contributed by atoms with Crippen LogP contribution in [-0.2, 0) is 6.54 Å². The molecule has 0 aliphatic rings. The third-order valence-corrected chi connectivity index (χ3v) is 3.10. The molecule has 0 aliphatic heterocycles. The average Bonchev–Trinajstić information content (AvgIpc) is 2.44. The van der Waals surface area contributed by atoms with Crippen LogP contribution in [-0.4, -0.2) is 7.05 Å².